The molecule has 1 atom stereocenters. The maximum Gasteiger partial charge on any atom is 0.317 e. The zero-order valence-corrected chi connectivity index (χ0v) is 18.0. The van der Waals surface area contributed by atoms with Crippen LogP contribution in [0.4, 0.5) is 4.79 Å². The van der Waals surface area contributed by atoms with E-state index < -0.39 is 10.0 Å². The Bertz CT molecular complexity index is 929. The number of hydrogen-bond donors (Lipinski definition) is 1. The van der Waals surface area contributed by atoms with Crippen molar-refractivity contribution < 1.29 is 13.2 Å². The van der Waals surface area contributed by atoms with E-state index in [1.807, 2.05) is 25.1 Å². The van der Waals surface area contributed by atoms with Gasteiger partial charge in [-0.3, -0.25) is 0 Å². The highest BCUT2D eigenvalue weighted by atomic mass is 35.5. The van der Waals surface area contributed by atoms with E-state index in [4.69, 9.17) is 11.6 Å². The highest BCUT2D eigenvalue weighted by molar-refractivity contribution is 7.89. The maximum atomic E-state index is 12.8. The van der Waals surface area contributed by atoms with Gasteiger partial charge in [-0.05, 0) is 43.5 Å². The van der Waals surface area contributed by atoms with Crippen LogP contribution < -0.4 is 5.32 Å². The molecule has 1 aliphatic rings. The number of nitrogens with zero attached hydrogens (tertiary/aromatic N) is 2. The third-order valence-electron chi connectivity index (χ3n) is 5.04. The second-order valence-electron chi connectivity index (χ2n) is 7.22. The van der Waals surface area contributed by atoms with Crippen molar-refractivity contribution in [3.05, 3.63) is 65.2 Å². The lowest BCUT2D eigenvalue weighted by molar-refractivity contribution is 0.169. The van der Waals surface area contributed by atoms with Crippen molar-refractivity contribution in [2.24, 2.45) is 0 Å². The van der Waals surface area contributed by atoms with Gasteiger partial charge in [0.15, 0.2) is 0 Å². The van der Waals surface area contributed by atoms with Crippen LogP contribution in [0.5, 0.6) is 0 Å². The van der Waals surface area contributed by atoms with Crippen LogP contribution >= 0.6 is 11.6 Å². The van der Waals surface area contributed by atoms with Crippen LogP contribution in [-0.2, 0) is 16.4 Å². The Morgan fingerprint density at radius 2 is 1.76 bits per heavy atom. The Labute approximate surface area is 177 Å². The van der Waals surface area contributed by atoms with Crippen LogP contribution in [0, 0.1) is 0 Å². The van der Waals surface area contributed by atoms with Gasteiger partial charge < -0.3 is 10.2 Å². The third kappa shape index (κ3) is 5.72. The first kappa shape index (κ1) is 21.6. The molecule has 0 unspecified atom stereocenters. The summed E-state index contributed by atoms with van der Waals surface area (Å²) in [5, 5.41) is 3.40. The van der Waals surface area contributed by atoms with Gasteiger partial charge in [-0.25, -0.2) is 13.2 Å². The molecule has 0 spiro atoms. The fraction of sp³-hybridized carbons (Fsp3) is 0.381. The first-order valence-corrected chi connectivity index (χ1v) is 11.5. The van der Waals surface area contributed by atoms with Crippen molar-refractivity contribution >= 4 is 27.7 Å². The van der Waals surface area contributed by atoms with Crippen molar-refractivity contribution in [2.45, 2.75) is 30.7 Å². The Kier molecular flexibility index (Phi) is 7.16. The summed E-state index contributed by atoms with van der Waals surface area (Å²) in [5.74, 6) is 0. The van der Waals surface area contributed by atoms with E-state index in [-0.39, 0.29) is 30.1 Å². The van der Waals surface area contributed by atoms with Gasteiger partial charge in [-0.15, -0.1) is 0 Å². The van der Waals surface area contributed by atoms with Gasteiger partial charge >= 0.3 is 6.03 Å². The number of benzene rings is 2. The Morgan fingerprint density at radius 3 is 2.41 bits per heavy atom. The molecule has 1 heterocycles. The van der Waals surface area contributed by atoms with Crippen LogP contribution in [0.25, 0.3) is 0 Å². The van der Waals surface area contributed by atoms with E-state index in [1.165, 1.54) is 22.0 Å². The summed E-state index contributed by atoms with van der Waals surface area (Å²) < 4.78 is 26.9. The summed E-state index contributed by atoms with van der Waals surface area (Å²) in [5.41, 5.74) is 1.24. The molecule has 2 amide bonds. The smallest absolute Gasteiger partial charge is 0.317 e. The first-order valence-electron chi connectivity index (χ1n) is 9.71. The van der Waals surface area contributed by atoms with Crippen molar-refractivity contribution in [1.82, 2.24) is 14.5 Å². The van der Waals surface area contributed by atoms with Gasteiger partial charge in [0.1, 0.15) is 0 Å². The van der Waals surface area contributed by atoms with Crippen LogP contribution in [0.1, 0.15) is 18.9 Å². The molecule has 0 saturated carbocycles. The number of aryl methyl sites for hydroxylation is 1. The second-order valence-corrected chi connectivity index (χ2v) is 9.60. The number of nitrogens with one attached hydrogen (secondary N) is 1. The molecule has 0 radical (unpaired) electrons. The normalized spacial score (nSPS) is 16.4. The quantitative estimate of drug-likeness (QED) is 0.756. The molecule has 29 heavy (non-hydrogen) atoms. The van der Waals surface area contributed by atoms with Crippen molar-refractivity contribution in [1.29, 1.82) is 0 Å². The topological polar surface area (TPSA) is 69.7 Å². The predicted octanol–water partition coefficient (Wildman–Crippen LogP) is 3.38. The minimum Gasteiger partial charge on any atom is -0.336 e. The summed E-state index contributed by atoms with van der Waals surface area (Å²) in [4.78, 5) is 14.4. The summed E-state index contributed by atoms with van der Waals surface area (Å²) in [6.45, 7) is 3.23. The lowest BCUT2D eigenvalue weighted by atomic mass is 10.1. The molecule has 156 valence electrons. The van der Waals surface area contributed by atoms with E-state index >= 15 is 0 Å². The largest absolute Gasteiger partial charge is 0.336 e. The van der Waals surface area contributed by atoms with E-state index in [0.29, 0.717) is 18.1 Å². The van der Waals surface area contributed by atoms with Crippen molar-refractivity contribution in [3.63, 3.8) is 0 Å². The molecule has 6 nitrogen and oxygen atoms in total. The molecule has 0 aromatic heterocycles. The zero-order chi connectivity index (χ0) is 20.9. The standard InChI is InChI=1S/C21H26ClN3O3S/c1-17(10-11-18-6-3-2-4-7-18)23-21(26)24-12-14-25(15-13-24)29(27,28)20-9-5-8-19(22)16-20/h2-9,16-17H,10-15H2,1H3,(H,23,26)/t17-/m0/s1. The molecular weight excluding hydrogens is 410 g/mol. The number of piperazine rings is 1. The van der Waals surface area contributed by atoms with E-state index in [0.717, 1.165) is 12.8 Å². The molecule has 1 aliphatic heterocycles. The first-order chi connectivity index (χ1) is 13.9. The lowest BCUT2D eigenvalue weighted by Gasteiger charge is -2.34. The van der Waals surface area contributed by atoms with E-state index in [1.54, 1.807) is 17.0 Å². The number of sulfonamides is 1. The fourth-order valence-corrected chi connectivity index (χ4v) is 5.03. The zero-order valence-electron chi connectivity index (χ0n) is 16.4. The highest BCUT2D eigenvalue weighted by Gasteiger charge is 2.30. The average molecular weight is 436 g/mol. The van der Waals surface area contributed by atoms with Crippen LogP contribution in [0.15, 0.2) is 59.5 Å². The van der Waals surface area contributed by atoms with Gasteiger partial charge in [0, 0.05) is 37.2 Å². The lowest BCUT2D eigenvalue weighted by Crippen LogP contribution is -2.54. The van der Waals surface area contributed by atoms with Gasteiger partial charge in [0.25, 0.3) is 0 Å². The molecular formula is C21H26ClN3O3S. The number of amides is 2. The molecule has 3 rings (SSSR count). The number of urea groups is 1. The SMILES string of the molecule is C[C@@H](CCc1ccccc1)NC(=O)N1CCN(S(=O)(=O)c2cccc(Cl)c2)CC1. The summed E-state index contributed by atoms with van der Waals surface area (Å²) >= 11 is 5.92. The molecule has 1 saturated heterocycles. The molecule has 1 N–H and O–H groups in total. The monoisotopic (exact) mass is 435 g/mol. The van der Waals surface area contributed by atoms with Crippen molar-refractivity contribution in [2.75, 3.05) is 26.2 Å². The van der Waals surface area contributed by atoms with Gasteiger partial charge in [-0.2, -0.15) is 4.31 Å². The molecule has 2 aromatic carbocycles. The van der Waals surface area contributed by atoms with Crippen LogP contribution in [0.2, 0.25) is 5.02 Å². The molecule has 1 fully saturated rings. The average Bonchev–Trinajstić information content (AvgIpc) is 2.73. The highest BCUT2D eigenvalue weighted by Crippen LogP contribution is 2.21. The number of carbonyl (C=O) groups excluding carboxylic acids is 1. The summed E-state index contributed by atoms with van der Waals surface area (Å²) in [6.07, 6.45) is 1.74. The molecule has 2 aromatic rings. The number of hydrogen-bond acceptors (Lipinski definition) is 3. The summed E-state index contributed by atoms with van der Waals surface area (Å²) in [6, 6.07) is 16.3. The minimum atomic E-state index is -3.61. The maximum absolute atomic E-state index is 12.8. The van der Waals surface area contributed by atoms with Gasteiger partial charge in [-0.1, -0.05) is 48.0 Å². The van der Waals surface area contributed by atoms with Crippen LogP contribution in [0.3, 0.4) is 0 Å². The number of rotatable bonds is 6. The van der Waals surface area contributed by atoms with Gasteiger partial charge in [0.2, 0.25) is 10.0 Å². The fourth-order valence-electron chi connectivity index (χ4n) is 3.31. The second kappa shape index (κ2) is 9.61. The third-order valence-corrected chi connectivity index (χ3v) is 7.17. The van der Waals surface area contributed by atoms with E-state index in [2.05, 4.69) is 17.4 Å². The predicted molar refractivity (Wildman–Crippen MR) is 115 cm³/mol. The van der Waals surface area contributed by atoms with Crippen LogP contribution in [-0.4, -0.2) is 55.9 Å². The minimum absolute atomic E-state index is 0.0379. The summed E-state index contributed by atoms with van der Waals surface area (Å²) in [7, 11) is -3.61. The Balaban J connectivity index is 1.49. The molecule has 8 heteroatoms. The number of halogens is 1. The van der Waals surface area contributed by atoms with Crippen molar-refractivity contribution in [3.8, 4) is 0 Å². The Hall–Kier alpha value is -2.09. The van der Waals surface area contributed by atoms with E-state index in [9.17, 15) is 13.2 Å². The molecule has 0 aliphatic carbocycles. The van der Waals surface area contributed by atoms with Gasteiger partial charge in [0.05, 0.1) is 4.90 Å². The molecule has 0 bridgehead atoms. The number of carbonyl (C=O) groups is 1. The Morgan fingerprint density at radius 1 is 1.07 bits per heavy atom.